The van der Waals surface area contributed by atoms with E-state index < -0.39 is 11.6 Å². The lowest BCUT2D eigenvalue weighted by Crippen LogP contribution is -2.13. The third-order valence-electron chi connectivity index (χ3n) is 2.62. The van der Waals surface area contributed by atoms with Crippen molar-refractivity contribution in [1.29, 1.82) is 0 Å². The maximum Gasteiger partial charge on any atom is 0.159 e. The van der Waals surface area contributed by atoms with Crippen LogP contribution in [0.15, 0.2) is 36.5 Å². The van der Waals surface area contributed by atoms with Gasteiger partial charge in [0.25, 0.3) is 0 Å². The van der Waals surface area contributed by atoms with Gasteiger partial charge in [-0.05, 0) is 35.7 Å². The second-order valence-electron chi connectivity index (χ2n) is 3.97. The van der Waals surface area contributed by atoms with Crippen LogP contribution in [-0.4, -0.2) is 4.98 Å². The standard InChI is InChI=1S/C13H11ClF2N2/c14-13-4-2-9(7-18-13)12(17)6-8-1-3-10(15)11(16)5-8/h1-5,7,12H,6,17H2. The largest absolute Gasteiger partial charge is 0.324 e. The lowest BCUT2D eigenvalue weighted by molar-refractivity contribution is 0.506. The van der Waals surface area contributed by atoms with Crippen molar-refractivity contribution in [3.8, 4) is 0 Å². The van der Waals surface area contributed by atoms with E-state index in [0.717, 1.165) is 17.7 Å². The Morgan fingerprint density at radius 3 is 2.56 bits per heavy atom. The van der Waals surface area contributed by atoms with E-state index in [1.807, 2.05) is 0 Å². The van der Waals surface area contributed by atoms with Crippen molar-refractivity contribution in [3.05, 3.63) is 64.4 Å². The van der Waals surface area contributed by atoms with Gasteiger partial charge in [0, 0.05) is 12.2 Å². The fraction of sp³-hybridized carbons (Fsp3) is 0.154. The summed E-state index contributed by atoms with van der Waals surface area (Å²) in [7, 11) is 0. The van der Waals surface area contributed by atoms with Crippen molar-refractivity contribution in [1.82, 2.24) is 4.98 Å². The quantitative estimate of drug-likeness (QED) is 0.868. The van der Waals surface area contributed by atoms with Crippen LogP contribution in [0, 0.1) is 11.6 Å². The predicted octanol–water partition coefficient (Wildman–Crippen LogP) is 3.26. The molecule has 1 unspecified atom stereocenters. The molecule has 1 aromatic carbocycles. The molecule has 18 heavy (non-hydrogen) atoms. The Bertz CT molecular complexity index is 543. The molecule has 0 bridgehead atoms. The van der Waals surface area contributed by atoms with E-state index in [1.165, 1.54) is 6.07 Å². The topological polar surface area (TPSA) is 38.9 Å². The van der Waals surface area contributed by atoms with E-state index in [9.17, 15) is 8.78 Å². The van der Waals surface area contributed by atoms with Gasteiger partial charge in [-0.3, -0.25) is 0 Å². The molecule has 0 spiro atoms. The van der Waals surface area contributed by atoms with Gasteiger partial charge in [0.15, 0.2) is 11.6 Å². The molecule has 0 saturated heterocycles. The van der Waals surface area contributed by atoms with Crippen molar-refractivity contribution in [3.63, 3.8) is 0 Å². The average molecular weight is 269 g/mol. The maximum atomic E-state index is 13.0. The van der Waals surface area contributed by atoms with Crippen LogP contribution in [0.5, 0.6) is 0 Å². The van der Waals surface area contributed by atoms with Crippen LogP contribution in [0.3, 0.4) is 0 Å². The zero-order valence-electron chi connectivity index (χ0n) is 9.41. The molecular formula is C13H11ClF2N2. The first-order chi connectivity index (χ1) is 8.56. The van der Waals surface area contributed by atoms with Crippen LogP contribution in [0.4, 0.5) is 8.78 Å². The SMILES string of the molecule is NC(Cc1ccc(F)c(F)c1)c1ccc(Cl)nc1. The summed E-state index contributed by atoms with van der Waals surface area (Å²) in [4.78, 5) is 3.92. The lowest BCUT2D eigenvalue weighted by atomic mass is 10.0. The number of nitrogens with two attached hydrogens (primary N) is 1. The highest BCUT2D eigenvalue weighted by molar-refractivity contribution is 6.29. The molecule has 1 heterocycles. The van der Waals surface area contributed by atoms with Gasteiger partial charge in [-0.25, -0.2) is 13.8 Å². The van der Waals surface area contributed by atoms with Crippen LogP contribution in [0.2, 0.25) is 5.15 Å². The van der Waals surface area contributed by atoms with Crippen LogP contribution < -0.4 is 5.73 Å². The summed E-state index contributed by atoms with van der Waals surface area (Å²) < 4.78 is 25.8. The average Bonchev–Trinajstić information content (AvgIpc) is 2.34. The predicted molar refractivity (Wildman–Crippen MR) is 66.2 cm³/mol. The van der Waals surface area contributed by atoms with Gasteiger partial charge in [-0.2, -0.15) is 0 Å². The third-order valence-corrected chi connectivity index (χ3v) is 2.84. The molecule has 1 atom stereocenters. The third kappa shape index (κ3) is 3.03. The first-order valence-corrected chi connectivity index (χ1v) is 5.75. The molecule has 0 saturated carbocycles. The Balaban J connectivity index is 2.13. The maximum absolute atomic E-state index is 13.0. The zero-order valence-corrected chi connectivity index (χ0v) is 10.2. The summed E-state index contributed by atoms with van der Waals surface area (Å²) in [6.07, 6.45) is 1.98. The molecule has 2 nitrogen and oxygen atoms in total. The number of rotatable bonds is 3. The molecule has 0 aliphatic heterocycles. The minimum atomic E-state index is -0.867. The van der Waals surface area contributed by atoms with Gasteiger partial charge < -0.3 is 5.73 Å². The van der Waals surface area contributed by atoms with Crippen molar-refractivity contribution < 1.29 is 8.78 Å². The number of benzene rings is 1. The van der Waals surface area contributed by atoms with E-state index in [-0.39, 0.29) is 6.04 Å². The number of halogens is 3. The van der Waals surface area contributed by atoms with Crippen LogP contribution in [0.25, 0.3) is 0 Å². The molecule has 0 fully saturated rings. The first kappa shape index (κ1) is 12.9. The fourth-order valence-corrected chi connectivity index (χ4v) is 1.76. The van der Waals surface area contributed by atoms with E-state index >= 15 is 0 Å². The molecule has 2 N–H and O–H groups in total. The van der Waals surface area contributed by atoms with Crippen LogP contribution >= 0.6 is 11.6 Å². The van der Waals surface area contributed by atoms with Gasteiger partial charge in [0.05, 0.1) is 0 Å². The summed E-state index contributed by atoms with van der Waals surface area (Å²) in [5.74, 6) is -1.73. The van der Waals surface area contributed by atoms with Crippen molar-refractivity contribution in [2.24, 2.45) is 5.73 Å². The van der Waals surface area contributed by atoms with E-state index in [1.54, 1.807) is 18.3 Å². The van der Waals surface area contributed by atoms with Gasteiger partial charge in [0.2, 0.25) is 0 Å². The summed E-state index contributed by atoms with van der Waals surface area (Å²) in [6.45, 7) is 0. The second kappa shape index (κ2) is 5.42. The molecule has 1 aromatic heterocycles. The first-order valence-electron chi connectivity index (χ1n) is 5.37. The second-order valence-corrected chi connectivity index (χ2v) is 4.36. The van der Waals surface area contributed by atoms with E-state index in [2.05, 4.69) is 4.98 Å². The molecule has 2 rings (SSSR count). The highest BCUT2D eigenvalue weighted by Crippen LogP contribution is 2.18. The normalized spacial score (nSPS) is 12.4. The monoisotopic (exact) mass is 268 g/mol. The van der Waals surface area contributed by atoms with Crippen molar-refractivity contribution >= 4 is 11.6 Å². The Hall–Kier alpha value is -1.52. The molecule has 0 aliphatic rings. The Kier molecular flexibility index (Phi) is 3.89. The molecule has 0 radical (unpaired) electrons. The summed E-state index contributed by atoms with van der Waals surface area (Å²) >= 11 is 5.67. The summed E-state index contributed by atoms with van der Waals surface area (Å²) in [5.41, 5.74) is 7.40. The molecule has 2 aromatic rings. The van der Waals surface area contributed by atoms with Crippen molar-refractivity contribution in [2.45, 2.75) is 12.5 Å². The Morgan fingerprint density at radius 2 is 1.94 bits per heavy atom. The summed E-state index contributed by atoms with van der Waals surface area (Å²) in [5, 5.41) is 0.388. The smallest absolute Gasteiger partial charge is 0.159 e. The molecule has 0 amide bonds. The number of aromatic nitrogens is 1. The van der Waals surface area contributed by atoms with Crippen LogP contribution in [0.1, 0.15) is 17.2 Å². The summed E-state index contributed by atoms with van der Waals surface area (Å²) in [6, 6.07) is 6.83. The number of hydrogen-bond donors (Lipinski definition) is 1. The minimum absolute atomic E-state index is 0.334. The molecular weight excluding hydrogens is 258 g/mol. The zero-order chi connectivity index (χ0) is 13.1. The molecule has 5 heteroatoms. The highest BCUT2D eigenvalue weighted by Gasteiger charge is 2.09. The van der Waals surface area contributed by atoms with Gasteiger partial charge in [-0.15, -0.1) is 0 Å². The number of nitrogens with zero attached hydrogens (tertiary/aromatic N) is 1. The molecule has 94 valence electrons. The van der Waals surface area contributed by atoms with E-state index in [4.69, 9.17) is 17.3 Å². The Morgan fingerprint density at radius 1 is 1.17 bits per heavy atom. The molecule has 0 aliphatic carbocycles. The minimum Gasteiger partial charge on any atom is -0.324 e. The van der Waals surface area contributed by atoms with Gasteiger partial charge in [-0.1, -0.05) is 23.7 Å². The van der Waals surface area contributed by atoms with E-state index in [0.29, 0.717) is 17.1 Å². The fourth-order valence-electron chi connectivity index (χ4n) is 1.64. The van der Waals surface area contributed by atoms with Gasteiger partial charge >= 0.3 is 0 Å². The van der Waals surface area contributed by atoms with Crippen LogP contribution in [-0.2, 0) is 6.42 Å². The lowest BCUT2D eigenvalue weighted by Gasteiger charge is -2.11. The highest BCUT2D eigenvalue weighted by atomic mass is 35.5. The van der Waals surface area contributed by atoms with Gasteiger partial charge in [0.1, 0.15) is 5.15 Å². The van der Waals surface area contributed by atoms with Crippen molar-refractivity contribution in [2.75, 3.05) is 0 Å². The number of pyridine rings is 1. The Labute approximate surface area is 108 Å². The number of hydrogen-bond acceptors (Lipinski definition) is 2.